The third-order valence-electron chi connectivity index (χ3n) is 2.13. The Morgan fingerprint density at radius 3 is 2.65 bits per heavy atom. The minimum atomic E-state index is -1.08. The number of aromatic nitrogens is 1. The van der Waals surface area contributed by atoms with Gasteiger partial charge in [0.1, 0.15) is 5.82 Å². The number of rotatable bonds is 3. The highest BCUT2D eigenvalue weighted by molar-refractivity contribution is 6.33. The van der Waals surface area contributed by atoms with Gasteiger partial charge in [0.2, 0.25) is 0 Å². The Bertz CT molecular complexity index is 543. The number of carbonyl (C=O) groups is 1. The molecule has 0 amide bonds. The van der Waals surface area contributed by atoms with E-state index in [-0.39, 0.29) is 10.6 Å². The average molecular weight is 249 g/mol. The van der Waals surface area contributed by atoms with Crippen molar-refractivity contribution < 1.29 is 9.90 Å². The van der Waals surface area contributed by atoms with Crippen LogP contribution < -0.4 is 5.32 Å². The van der Waals surface area contributed by atoms with Crippen LogP contribution in [0.2, 0.25) is 5.02 Å². The SMILES string of the molecule is O=C(O)c1cc(Nc2ccccc2)ncc1Cl. The molecular weight excluding hydrogens is 240 g/mol. The fourth-order valence-electron chi connectivity index (χ4n) is 1.34. The summed E-state index contributed by atoms with van der Waals surface area (Å²) in [4.78, 5) is 14.9. The molecule has 0 radical (unpaired) electrons. The van der Waals surface area contributed by atoms with Crippen molar-refractivity contribution >= 4 is 29.1 Å². The van der Waals surface area contributed by atoms with Crippen molar-refractivity contribution in [3.8, 4) is 0 Å². The first kappa shape index (κ1) is 11.4. The Hall–Kier alpha value is -2.07. The minimum Gasteiger partial charge on any atom is -0.478 e. The molecule has 5 heteroatoms. The molecule has 2 aromatic rings. The molecule has 1 aromatic heterocycles. The molecule has 0 aliphatic rings. The largest absolute Gasteiger partial charge is 0.478 e. The predicted molar refractivity (Wildman–Crippen MR) is 65.9 cm³/mol. The Morgan fingerprint density at radius 1 is 1.29 bits per heavy atom. The van der Waals surface area contributed by atoms with E-state index in [1.54, 1.807) is 0 Å². The molecule has 0 aliphatic carbocycles. The predicted octanol–water partition coefficient (Wildman–Crippen LogP) is 3.18. The molecule has 1 aromatic carbocycles. The van der Waals surface area contributed by atoms with Gasteiger partial charge in [-0.3, -0.25) is 0 Å². The van der Waals surface area contributed by atoms with Crippen LogP contribution >= 0.6 is 11.6 Å². The number of hydrogen-bond acceptors (Lipinski definition) is 3. The summed E-state index contributed by atoms with van der Waals surface area (Å²) >= 11 is 5.72. The molecular formula is C12H9ClN2O2. The lowest BCUT2D eigenvalue weighted by Crippen LogP contribution is -2.01. The second kappa shape index (κ2) is 4.84. The normalized spacial score (nSPS) is 9.94. The Labute approximate surface area is 103 Å². The molecule has 0 saturated heterocycles. The van der Waals surface area contributed by atoms with E-state index in [1.807, 2.05) is 30.3 Å². The molecule has 0 aliphatic heterocycles. The standard InChI is InChI=1S/C12H9ClN2O2/c13-10-7-14-11(6-9(10)12(16)17)15-8-4-2-1-3-5-8/h1-7H,(H,14,15)(H,16,17). The first-order valence-electron chi connectivity index (χ1n) is 4.88. The van der Waals surface area contributed by atoms with Gasteiger partial charge in [0.05, 0.1) is 10.6 Å². The van der Waals surface area contributed by atoms with Gasteiger partial charge in [0.15, 0.2) is 0 Å². The number of pyridine rings is 1. The molecule has 17 heavy (non-hydrogen) atoms. The van der Waals surface area contributed by atoms with Gasteiger partial charge in [-0.25, -0.2) is 9.78 Å². The van der Waals surface area contributed by atoms with Gasteiger partial charge in [-0.15, -0.1) is 0 Å². The van der Waals surface area contributed by atoms with Crippen molar-refractivity contribution in [3.63, 3.8) is 0 Å². The van der Waals surface area contributed by atoms with Crippen LogP contribution in [0.3, 0.4) is 0 Å². The van der Waals surface area contributed by atoms with E-state index in [4.69, 9.17) is 16.7 Å². The van der Waals surface area contributed by atoms with Crippen LogP contribution in [0.5, 0.6) is 0 Å². The number of para-hydroxylation sites is 1. The molecule has 0 atom stereocenters. The summed E-state index contributed by atoms with van der Waals surface area (Å²) in [6.07, 6.45) is 1.32. The molecule has 1 heterocycles. The Balaban J connectivity index is 2.29. The van der Waals surface area contributed by atoms with Gasteiger partial charge in [-0.1, -0.05) is 29.8 Å². The topological polar surface area (TPSA) is 62.2 Å². The zero-order valence-corrected chi connectivity index (χ0v) is 9.48. The summed E-state index contributed by atoms with van der Waals surface area (Å²) in [6.45, 7) is 0. The molecule has 86 valence electrons. The number of aromatic carboxylic acids is 1. The van der Waals surface area contributed by atoms with Crippen LogP contribution in [0.1, 0.15) is 10.4 Å². The van der Waals surface area contributed by atoms with E-state index in [0.717, 1.165) is 5.69 Å². The third-order valence-corrected chi connectivity index (χ3v) is 2.43. The molecule has 2 N–H and O–H groups in total. The van der Waals surface area contributed by atoms with Gasteiger partial charge < -0.3 is 10.4 Å². The number of nitrogens with one attached hydrogen (secondary N) is 1. The van der Waals surface area contributed by atoms with Crippen LogP contribution in [0.25, 0.3) is 0 Å². The highest BCUT2D eigenvalue weighted by atomic mass is 35.5. The van der Waals surface area contributed by atoms with E-state index in [0.29, 0.717) is 5.82 Å². The number of hydrogen-bond donors (Lipinski definition) is 2. The minimum absolute atomic E-state index is 0.0279. The molecule has 4 nitrogen and oxygen atoms in total. The summed E-state index contributed by atoms with van der Waals surface area (Å²) in [7, 11) is 0. The first-order valence-corrected chi connectivity index (χ1v) is 5.25. The van der Waals surface area contributed by atoms with Crippen molar-refractivity contribution in [1.82, 2.24) is 4.98 Å². The second-order valence-electron chi connectivity index (χ2n) is 3.35. The smallest absolute Gasteiger partial charge is 0.337 e. The van der Waals surface area contributed by atoms with E-state index in [2.05, 4.69) is 10.3 Å². The van der Waals surface area contributed by atoms with Crippen LogP contribution in [0, 0.1) is 0 Å². The first-order chi connectivity index (χ1) is 8.16. The summed E-state index contributed by atoms with van der Waals surface area (Å²) in [5.74, 6) is -0.633. The van der Waals surface area contributed by atoms with Crippen LogP contribution in [-0.4, -0.2) is 16.1 Å². The molecule has 0 spiro atoms. The maximum Gasteiger partial charge on any atom is 0.337 e. The van der Waals surface area contributed by atoms with Crippen LogP contribution in [-0.2, 0) is 0 Å². The van der Waals surface area contributed by atoms with Gasteiger partial charge in [0, 0.05) is 11.9 Å². The lowest BCUT2D eigenvalue weighted by Gasteiger charge is -2.06. The second-order valence-corrected chi connectivity index (χ2v) is 3.75. The number of carboxylic acid groups (broad SMARTS) is 1. The molecule has 0 saturated carbocycles. The number of halogens is 1. The molecule has 0 fully saturated rings. The van der Waals surface area contributed by atoms with Crippen molar-refractivity contribution in [1.29, 1.82) is 0 Å². The molecule has 2 rings (SSSR count). The van der Waals surface area contributed by atoms with Gasteiger partial charge in [-0.05, 0) is 18.2 Å². The lowest BCUT2D eigenvalue weighted by molar-refractivity contribution is 0.0697. The number of nitrogens with zero attached hydrogens (tertiary/aromatic N) is 1. The Kier molecular flexibility index (Phi) is 3.25. The number of benzene rings is 1. The van der Waals surface area contributed by atoms with E-state index >= 15 is 0 Å². The lowest BCUT2D eigenvalue weighted by atomic mass is 10.2. The Morgan fingerprint density at radius 2 is 2.00 bits per heavy atom. The average Bonchev–Trinajstić information content (AvgIpc) is 2.32. The van der Waals surface area contributed by atoms with Gasteiger partial charge in [0.25, 0.3) is 0 Å². The summed E-state index contributed by atoms with van der Waals surface area (Å²) in [5, 5.41) is 12.0. The zero-order valence-electron chi connectivity index (χ0n) is 8.72. The molecule has 0 bridgehead atoms. The highest BCUT2D eigenvalue weighted by Gasteiger charge is 2.10. The zero-order chi connectivity index (χ0) is 12.3. The van der Waals surface area contributed by atoms with E-state index in [9.17, 15) is 4.79 Å². The third kappa shape index (κ3) is 2.73. The monoisotopic (exact) mass is 248 g/mol. The maximum absolute atomic E-state index is 10.9. The van der Waals surface area contributed by atoms with E-state index in [1.165, 1.54) is 12.3 Å². The van der Waals surface area contributed by atoms with Crippen molar-refractivity contribution in [2.24, 2.45) is 0 Å². The summed E-state index contributed by atoms with van der Waals surface area (Å²) in [5.41, 5.74) is 0.860. The quantitative estimate of drug-likeness (QED) is 0.876. The van der Waals surface area contributed by atoms with Crippen molar-refractivity contribution in [2.45, 2.75) is 0 Å². The van der Waals surface area contributed by atoms with E-state index < -0.39 is 5.97 Å². The summed E-state index contributed by atoms with van der Waals surface area (Å²) < 4.78 is 0. The van der Waals surface area contributed by atoms with Crippen LogP contribution in [0.4, 0.5) is 11.5 Å². The van der Waals surface area contributed by atoms with Gasteiger partial charge >= 0.3 is 5.97 Å². The fourth-order valence-corrected chi connectivity index (χ4v) is 1.52. The number of carboxylic acids is 1. The van der Waals surface area contributed by atoms with Crippen molar-refractivity contribution in [3.05, 3.63) is 53.2 Å². The van der Waals surface area contributed by atoms with Gasteiger partial charge in [-0.2, -0.15) is 0 Å². The fraction of sp³-hybridized carbons (Fsp3) is 0. The molecule has 0 unspecified atom stereocenters. The van der Waals surface area contributed by atoms with Crippen LogP contribution in [0.15, 0.2) is 42.6 Å². The highest BCUT2D eigenvalue weighted by Crippen LogP contribution is 2.20. The maximum atomic E-state index is 10.9. The summed E-state index contributed by atoms with van der Waals surface area (Å²) in [6, 6.07) is 10.8. The number of anilines is 2. The van der Waals surface area contributed by atoms with Crippen molar-refractivity contribution in [2.75, 3.05) is 5.32 Å².